The van der Waals surface area contributed by atoms with Crippen molar-refractivity contribution in [3.63, 3.8) is 0 Å². The summed E-state index contributed by atoms with van der Waals surface area (Å²) >= 11 is 0. The maximum absolute atomic E-state index is 11.4. The number of methoxy groups -OCH3 is 1. The zero-order valence-corrected chi connectivity index (χ0v) is 5.40. The summed E-state index contributed by atoms with van der Waals surface area (Å²) in [5.41, 5.74) is 0. The molecule has 58 valence electrons. The van der Waals surface area contributed by atoms with Gasteiger partial charge in [0.05, 0.1) is 7.11 Å². The number of rotatable bonds is 2. The minimum absolute atomic E-state index is 0.0164. The van der Waals surface area contributed by atoms with Crippen molar-refractivity contribution in [1.82, 2.24) is 0 Å². The maximum atomic E-state index is 11.4. The summed E-state index contributed by atoms with van der Waals surface area (Å²) in [4.78, 5) is 0. The molecule has 0 aromatic heterocycles. The Bertz CT molecular complexity index is 146. The SMILES string of the molecule is C=C(/C=C/C(F)(F)F)OC. The fourth-order valence-corrected chi connectivity index (χ4v) is 0.255. The van der Waals surface area contributed by atoms with Crippen LogP contribution in [0.4, 0.5) is 13.2 Å². The molecule has 0 heterocycles. The van der Waals surface area contributed by atoms with Crippen LogP contribution in [0.25, 0.3) is 0 Å². The fourth-order valence-electron chi connectivity index (χ4n) is 0.255. The van der Waals surface area contributed by atoms with Crippen LogP contribution in [0.15, 0.2) is 24.5 Å². The van der Waals surface area contributed by atoms with E-state index in [1.54, 1.807) is 0 Å². The van der Waals surface area contributed by atoms with E-state index in [-0.39, 0.29) is 11.8 Å². The number of hydrogen-bond acceptors (Lipinski definition) is 1. The van der Waals surface area contributed by atoms with Gasteiger partial charge in [-0.15, -0.1) is 0 Å². The lowest BCUT2D eigenvalue weighted by molar-refractivity contribution is -0.0800. The first-order valence-electron chi connectivity index (χ1n) is 2.44. The van der Waals surface area contributed by atoms with Gasteiger partial charge in [-0.25, -0.2) is 0 Å². The third-order valence-corrected chi connectivity index (χ3v) is 0.720. The van der Waals surface area contributed by atoms with Crippen molar-refractivity contribution in [3.8, 4) is 0 Å². The molecule has 0 bridgehead atoms. The Kier molecular flexibility index (Phi) is 2.99. The summed E-state index contributed by atoms with van der Waals surface area (Å²) in [6, 6.07) is 0. The molecule has 0 aliphatic heterocycles. The van der Waals surface area contributed by atoms with E-state index in [9.17, 15) is 13.2 Å². The van der Waals surface area contributed by atoms with Gasteiger partial charge in [0, 0.05) is 6.08 Å². The van der Waals surface area contributed by atoms with Gasteiger partial charge in [-0.05, 0) is 6.08 Å². The molecule has 0 fully saturated rings. The minimum atomic E-state index is -4.29. The summed E-state index contributed by atoms with van der Waals surface area (Å²) in [5, 5.41) is 0. The Balaban J connectivity index is 3.88. The zero-order valence-electron chi connectivity index (χ0n) is 5.40. The molecular weight excluding hydrogens is 145 g/mol. The summed E-state index contributed by atoms with van der Waals surface area (Å²) < 4.78 is 38.5. The van der Waals surface area contributed by atoms with Gasteiger partial charge in [0.25, 0.3) is 0 Å². The number of hydrogen-bond donors (Lipinski definition) is 0. The van der Waals surface area contributed by atoms with Gasteiger partial charge < -0.3 is 4.74 Å². The molecule has 0 rings (SSSR count). The van der Waals surface area contributed by atoms with Gasteiger partial charge >= 0.3 is 6.18 Å². The van der Waals surface area contributed by atoms with Crippen molar-refractivity contribution >= 4 is 0 Å². The molecule has 0 aliphatic carbocycles. The highest BCUT2D eigenvalue weighted by Crippen LogP contribution is 2.16. The lowest BCUT2D eigenvalue weighted by atomic mass is 10.4. The summed E-state index contributed by atoms with van der Waals surface area (Å²) in [7, 11) is 1.25. The maximum Gasteiger partial charge on any atom is 0.409 e. The van der Waals surface area contributed by atoms with Crippen molar-refractivity contribution in [2.24, 2.45) is 0 Å². The first-order valence-corrected chi connectivity index (χ1v) is 2.44. The molecule has 0 atom stereocenters. The van der Waals surface area contributed by atoms with Crippen LogP contribution in [0.3, 0.4) is 0 Å². The standard InChI is InChI=1S/C6H7F3O/c1-5(10-2)3-4-6(7,8)9/h3-4H,1H2,2H3/b4-3+. The molecule has 0 aromatic carbocycles. The molecule has 0 aliphatic rings. The Morgan fingerprint density at radius 2 is 2.00 bits per heavy atom. The van der Waals surface area contributed by atoms with Gasteiger partial charge in [-0.1, -0.05) is 6.58 Å². The second-order valence-corrected chi connectivity index (χ2v) is 1.55. The first kappa shape index (κ1) is 9.07. The molecular formula is C6H7F3O. The number of ether oxygens (including phenoxy) is 1. The number of halogens is 3. The molecule has 0 aromatic rings. The Hall–Kier alpha value is -0.930. The minimum Gasteiger partial charge on any atom is -0.497 e. The van der Waals surface area contributed by atoms with Crippen LogP contribution in [0.1, 0.15) is 0 Å². The number of alkyl halides is 3. The van der Waals surface area contributed by atoms with Crippen LogP contribution in [0, 0.1) is 0 Å². The summed E-state index contributed by atoms with van der Waals surface area (Å²) in [5.74, 6) is -0.0164. The first-order chi connectivity index (χ1) is 4.45. The van der Waals surface area contributed by atoms with Crippen LogP contribution >= 0.6 is 0 Å². The quantitative estimate of drug-likeness (QED) is 0.435. The van der Waals surface area contributed by atoms with Crippen LogP contribution in [-0.2, 0) is 4.74 Å². The molecule has 0 amide bonds. The van der Waals surface area contributed by atoms with E-state index in [1.807, 2.05) is 0 Å². The van der Waals surface area contributed by atoms with Crippen molar-refractivity contribution in [1.29, 1.82) is 0 Å². The fraction of sp³-hybridized carbons (Fsp3) is 0.333. The van der Waals surface area contributed by atoms with Crippen LogP contribution < -0.4 is 0 Å². The molecule has 0 spiro atoms. The lowest BCUT2D eigenvalue weighted by Crippen LogP contribution is -2.00. The smallest absolute Gasteiger partial charge is 0.409 e. The highest BCUT2D eigenvalue weighted by molar-refractivity contribution is 5.08. The highest BCUT2D eigenvalue weighted by Gasteiger charge is 2.21. The Morgan fingerprint density at radius 3 is 2.30 bits per heavy atom. The van der Waals surface area contributed by atoms with E-state index in [2.05, 4.69) is 11.3 Å². The van der Waals surface area contributed by atoms with E-state index in [0.717, 1.165) is 6.08 Å². The van der Waals surface area contributed by atoms with Crippen molar-refractivity contribution in [3.05, 3.63) is 24.5 Å². The molecule has 0 saturated carbocycles. The predicted molar refractivity (Wildman–Crippen MR) is 31.3 cm³/mol. The Morgan fingerprint density at radius 1 is 1.50 bits per heavy atom. The summed E-state index contributed by atoms with van der Waals surface area (Å²) in [6.07, 6.45) is -3.46. The van der Waals surface area contributed by atoms with E-state index in [1.165, 1.54) is 7.11 Å². The van der Waals surface area contributed by atoms with Gasteiger partial charge in [0.2, 0.25) is 0 Å². The lowest BCUT2D eigenvalue weighted by Gasteiger charge is -1.98. The van der Waals surface area contributed by atoms with E-state index < -0.39 is 6.18 Å². The molecule has 0 radical (unpaired) electrons. The molecule has 0 unspecified atom stereocenters. The largest absolute Gasteiger partial charge is 0.497 e. The van der Waals surface area contributed by atoms with Crippen molar-refractivity contribution in [2.45, 2.75) is 6.18 Å². The van der Waals surface area contributed by atoms with E-state index in [0.29, 0.717) is 0 Å². The third kappa shape index (κ3) is 5.21. The summed E-state index contributed by atoms with van der Waals surface area (Å²) in [6.45, 7) is 3.17. The average molecular weight is 152 g/mol. The topological polar surface area (TPSA) is 9.23 Å². The highest BCUT2D eigenvalue weighted by atomic mass is 19.4. The second-order valence-electron chi connectivity index (χ2n) is 1.55. The van der Waals surface area contributed by atoms with E-state index in [4.69, 9.17) is 0 Å². The molecule has 10 heavy (non-hydrogen) atoms. The molecule has 1 nitrogen and oxygen atoms in total. The predicted octanol–water partition coefficient (Wildman–Crippen LogP) is 2.27. The van der Waals surface area contributed by atoms with Gasteiger partial charge in [0.1, 0.15) is 5.76 Å². The van der Waals surface area contributed by atoms with Crippen LogP contribution in [0.2, 0.25) is 0 Å². The van der Waals surface area contributed by atoms with Gasteiger partial charge in [-0.2, -0.15) is 13.2 Å². The zero-order chi connectivity index (χ0) is 8.20. The average Bonchev–Trinajstić information content (AvgIpc) is 1.81. The number of allylic oxidation sites excluding steroid dienone is 2. The molecule has 0 N–H and O–H groups in total. The molecule has 0 saturated heterocycles. The second kappa shape index (κ2) is 3.29. The van der Waals surface area contributed by atoms with Gasteiger partial charge in [0.15, 0.2) is 0 Å². The monoisotopic (exact) mass is 152 g/mol. The van der Waals surface area contributed by atoms with Crippen molar-refractivity contribution in [2.75, 3.05) is 7.11 Å². The third-order valence-electron chi connectivity index (χ3n) is 0.720. The normalized spacial score (nSPS) is 12.0. The van der Waals surface area contributed by atoms with Gasteiger partial charge in [-0.3, -0.25) is 0 Å². The van der Waals surface area contributed by atoms with E-state index >= 15 is 0 Å². The Labute approximate surface area is 56.8 Å². The van der Waals surface area contributed by atoms with Crippen LogP contribution in [-0.4, -0.2) is 13.3 Å². The van der Waals surface area contributed by atoms with Crippen LogP contribution in [0.5, 0.6) is 0 Å². The molecule has 4 heteroatoms. The van der Waals surface area contributed by atoms with Crippen molar-refractivity contribution < 1.29 is 17.9 Å².